The van der Waals surface area contributed by atoms with E-state index in [1.165, 1.54) is 12.1 Å². The molecule has 2 aromatic rings. The highest BCUT2D eigenvalue weighted by Gasteiger charge is 2.13. The van der Waals surface area contributed by atoms with E-state index in [9.17, 15) is 9.50 Å². The summed E-state index contributed by atoms with van der Waals surface area (Å²) >= 11 is 0. The fourth-order valence-corrected chi connectivity index (χ4v) is 2.76. The van der Waals surface area contributed by atoms with Crippen LogP contribution >= 0.6 is 0 Å². The summed E-state index contributed by atoms with van der Waals surface area (Å²) in [5, 5.41) is 17.8. The van der Waals surface area contributed by atoms with Crippen molar-refractivity contribution < 1.29 is 9.50 Å². The summed E-state index contributed by atoms with van der Waals surface area (Å²) in [6, 6.07) is 6.31. The van der Waals surface area contributed by atoms with E-state index in [0.29, 0.717) is 19.0 Å². The predicted molar refractivity (Wildman–Crippen MR) is 90.2 cm³/mol. The Bertz CT molecular complexity index is 634. The lowest BCUT2D eigenvalue weighted by Gasteiger charge is -2.14. The average molecular weight is 319 g/mol. The third-order valence-corrected chi connectivity index (χ3v) is 3.94. The van der Waals surface area contributed by atoms with Crippen molar-refractivity contribution in [1.82, 2.24) is 15.1 Å². The number of benzene rings is 1. The van der Waals surface area contributed by atoms with Gasteiger partial charge in [0.25, 0.3) is 0 Å². The Morgan fingerprint density at radius 2 is 1.87 bits per heavy atom. The summed E-state index contributed by atoms with van der Waals surface area (Å²) in [5.74, 6) is 0.229. The standard InChI is InChI=1S/C18H26FN3O/c1-12(2)9-17(23)10-20-11-18-13(3)21-22(14(18)4)16-7-5-15(19)6-8-16/h5-8,12,17,20,23H,9-11H2,1-4H3. The van der Waals surface area contributed by atoms with Crippen LogP contribution in [0.5, 0.6) is 0 Å². The maximum Gasteiger partial charge on any atom is 0.123 e. The van der Waals surface area contributed by atoms with Crippen molar-refractivity contribution in [1.29, 1.82) is 0 Å². The highest BCUT2D eigenvalue weighted by atomic mass is 19.1. The van der Waals surface area contributed by atoms with Gasteiger partial charge in [0.15, 0.2) is 0 Å². The Kier molecular flexibility index (Phi) is 5.91. The number of aryl methyl sites for hydroxylation is 1. The molecule has 0 bridgehead atoms. The van der Waals surface area contributed by atoms with Gasteiger partial charge in [0.1, 0.15) is 5.82 Å². The minimum absolute atomic E-state index is 0.253. The lowest BCUT2D eigenvalue weighted by atomic mass is 10.1. The van der Waals surface area contributed by atoms with Crippen LogP contribution in [-0.2, 0) is 6.54 Å². The van der Waals surface area contributed by atoms with Gasteiger partial charge in [-0.3, -0.25) is 0 Å². The quantitative estimate of drug-likeness (QED) is 0.824. The smallest absolute Gasteiger partial charge is 0.123 e. The van der Waals surface area contributed by atoms with E-state index in [1.54, 1.807) is 12.1 Å². The number of hydrogen-bond donors (Lipinski definition) is 2. The molecular weight excluding hydrogens is 293 g/mol. The van der Waals surface area contributed by atoms with Crippen LogP contribution in [0.2, 0.25) is 0 Å². The number of aromatic nitrogens is 2. The van der Waals surface area contributed by atoms with Crippen molar-refractivity contribution >= 4 is 0 Å². The maximum absolute atomic E-state index is 13.1. The van der Waals surface area contributed by atoms with Crippen molar-refractivity contribution in [2.45, 2.75) is 46.8 Å². The number of hydrogen-bond acceptors (Lipinski definition) is 3. The van der Waals surface area contributed by atoms with Crippen LogP contribution in [-0.4, -0.2) is 27.5 Å². The zero-order valence-corrected chi connectivity index (χ0v) is 14.3. The molecular formula is C18H26FN3O. The van der Waals surface area contributed by atoms with E-state index < -0.39 is 0 Å². The van der Waals surface area contributed by atoms with E-state index in [-0.39, 0.29) is 11.9 Å². The fraction of sp³-hybridized carbons (Fsp3) is 0.500. The van der Waals surface area contributed by atoms with Gasteiger partial charge < -0.3 is 10.4 Å². The van der Waals surface area contributed by atoms with Gasteiger partial charge in [-0.1, -0.05) is 13.8 Å². The largest absolute Gasteiger partial charge is 0.392 e. The van der Waals surface area contributed by atoms with Crippen molar-refractivity contribution in [3.8, 4) is 5.69 Å². The molecule has 5 heteroatoms. The lowest BCUT2D eigenvalue weighted by Crippen LogP contribution is -2.27. The second-order valence-corrected chi connectivity index (χ2v) is 6.45. The van der Waals surface area contributed by atoms with E-state index in [2.05, 4.69) is 24.3 Å². The molecule has 0 spiro atoms. The molecule has 0 radical (unpaired) electrons. The second kappa shape index (κ2) is 7.70. The van der Waals surface area contributed by atoms with Crippen molar-refractivity contribution in [3.05, 3.63) is 47.0 Å². The van der Waals surface area contributed by atoms with Gasteiger partial charge in [0, 0.05) is 24.3 Å². The number of aliphatic hydroxyl groups excluding tert-OH is 1. The van der Waals surface area contributed by atoms with Crippen LogP contribution in [0.4, 0.5) is 4.39 Å². The van der Waals surface area contributed by atoms with Gasteiger partial charge in [-0.25, -0.2) is 9.07 Å². The zero-order valence-electron chi connectivity index (χ0n) is 14.3. The SMILES string of the molecule is Cc1nn(-c2ccc(F)cc2)c(C)c1CNCC(O)CC(C)C. The van der Waals surface area contributed by atoms with Gasteiger partial charge in [-0.05, 0) is 50.5 Å². The number of nitrogens with zero attached hydrogens (tertiary/aromatic N) is 2. The number of aliphatic hydroxyl groups is 1. The maximum atomic E-state index is 13.1. The van der Waals surface area contributed by atoms with Crippen LogP contribution in [0.15, 0.2) is 24.3 Å². The molecule has 0 saturated heterocycles. The molecule has 2 rings (SSSR count). The van der Waals surface area contributed by atoms with Gasteiger partial charge in [0.2, 0.25) is 0 Å². The second-order valence-electron chi connectivity index (χ2n) is 6.45. The van der Waals surface area contributed by atoms with Crippen LogP contribution in [0.25, 0.3) is 5.69 Å². The Labute approximate surface area is 137 Å². The summed E-state index contributed by atoms with van der Waals surface area (Å²) < 4.78 is 14.9. The van der Waals surface area contributed by atoms with E-state index in [0.717, 1.165) is 29.1 Å². The van der Waals surface area contributed by atoms with Crippen molar-refractivity contribution in [3.63, 3.8) is 0 Å². The number of rotatable bonds is 7. The monoisotopic (exact) mass is 319 g/mol. The first-order chi connectivity index (χ1) is 10.9. The highest BCUT2D eigenvalue weighted by molar-refractivity contribution is 5.37. The average Bonchev–Trinajstić information content (AvgIpc) is 2.75. The van der Waals surface area contributed by atoms with Crippen molar-refractivity contribution in [2.24, 2.45) is 5.92 Å². The summed E-state index contributed by atoms with van der Waals surface area (Å²) in [5.41, 5.74) is 3.93. The molecule has 1 heterocycles. The van der Waals surface area contributed by atoms with Crippen LogP contribution in [0.3, 0.4) is 0 Å². The van der Waals surface area contributed by atoms with Crippen LogP contribution < -0.4 is 5.32 Å². The molecule has 1 aromatic carbocycles. The summed E-state index contributed by atoms with van der Waals surface area (Å²) in [7, 11) is 0. The van der Waals surface area contributed by atoms with Gasteiger partial charge in [-0.2, -0.15) is 5.10 Å². The Morgan fingerprint density at radius 1 is 1.22 bits per heavy atom. The molecule has 2 N–H and O–H groups in total. The molecule has 0 amide bonds. The molecule has 1 atom stereocenters. The first-order valence-corrected chi connectivity index (χ1v) is 8.08. The minimum Gasteiger partial charge on any atom is -0.392 e. The Balaban J connectivity index is 2.05. The summed E-state index contributed by atoms with van der Waals surface area (Å²) in [4.78, 5) is 0. The van der Waals surface area contributed by atoms with Crippen LogP contribution in [0, 0.1) is 25.6 Å². The van der Waals surface area contributed by atoms with E-state index in [1.807, 2.05) is 18.5 Å². The van der Waals surface area contributed by atoms with E-state index >= 15 is 0 Å². The van der Waals surface area contributed by atoms with Crippen LogP contribution in [0.1, 0.15) is 37.2 Å². The first kappa shape index (κ1) is 17.6. The summed E-state index contributed by atoms with van der Waals surface area (Å²) in [6.45, 7) is 9.40. The predicted octanol–water partition coefficient (Wildman–Crippen LogP) is 3.12. The molecule has 126 valence electrons. The topological polar surface area (TPSA) is 50.1 Å². The summed E-state index contributed by atoms with van der Waals surface area (Å²) in [6.07, 6.45) is 0.461. The molecule has 23 heavy (non-hydrogen) atoms. The first-order valence-electron chi connectivity index (χ1n) is 8.08. The minimum atomic E-state index is -0.331. The van der Waals surface area contributed by atoms with E-state index in [4.69, 9.17) is 0 Å². The Morgan fingerprint density at radius 3 is 2.48 bits per heavy atom. The molecule has 4 nitrogen and oxygen atoms in total. The highest BCUT2D eigenvalue weighted by Crippen LogP contribution is 2.18. The molecule has 0 saturated carbocycles. The lowest BCUT2D eigenvalue weighted by molar-refractivity contribution is 0.146. The number of nitrogens with one attached hydrogen (secondary N) is 1. The third-order valence-electron chi connectivity index (χ3n) is 3.94. The third kappa shape index (κ3) is 4.62. The number of halogens is 1. The molecule has 0 aliphatic carbocycles. The normalized spacial score (nSPS) is 12.8. The molecule has 0 aliphatic rings. The molecule has 1 unspecified atom stereocenters. The molecule has 0 fully saturated rings. The van der Waals surface area contributed by atoms with Gasteiger partial charge in [0.05, 0.1) is 17.5 Å². The fourth-order valence-electron chi connectivity index (χ4n) is 2.76. The van der Waals surface area contributed by atoms with Crippen molar-refractivity contribution in [2.75, 3.05) is 6.54 Å². The molecule has 0 aliphatic heterocycles. The zero-order chi connectivity index (χ0) is 17.0. The molecule has 1 aromatic heterocycles. The Hall–Kier alpha value is -1.72. The van der Waals surface area contributed by atoms with Gasteiger partial charge in [-0.15, -0.1) is 0 Å². The van der Waals surface area contributed by atoms with Gasteiger partial charge >= 0.3 is 0 Å².